The second-order valence-corrected chi connectivity index (χ2v) is 4.30. The lowest BCUT2D eigenvalue weighted by molar-refractivity contribution is 0.411. The van der Waals surface area contributed by atoms with Gasteiger partial charge in [0.15, 0.2) is 11.6 Å². The van der Waals surface area contributed by atoms with Gasteiger partial charge in [-0.15, -0.1) is 0 Å². The summed E-state index contributed by atoms with van der Waals surface area (Å²) in [5, 5.41) is 0. The van der Waals surface area contributed by atoms with E-state index >= 15 is 0 Å². The maximum atomic E-state index is 13.8. The van der Waals surface area contributed by atoms with Crippen LogP contribution in [0.5, 0.6) is 0 Å². The molecule has 102 valence electrons. The second-order valence-electron chi connectivity index (χ2n) is 4.30. The number of hydrogen-bond acceptors (Lipinski definition) is 6. The fourth-order valence-corrected chi connectivity index (χ4v) is 1.56. The van der Waals surface area contributed by atoms with Crippen LogP contribution in [-0.2, 0) is 0 Å². The van der Waals surface area contributed by atoms with Crippen molar-refractivity contribution < 1.29 is 4.39 Å². The zero-order valence-electron chi connectivity index (χ0n) is 11.1. The van der Waals surface area contributed by atoms with Gasteiger partial charge >= 0.3 is 0 Å². The molecule has 0 unspecified atom stereocenters. The summed E-state index contributed by atoms with van der Waals surface area (Å²) < 4.78 is 13.8. The normalized spacial score (nSPS) is 10.8. The van der Waals surface area contributed by atoms with Crippen molar-refractivity contribution in [3.63, 3.8) is 0 Å². The quantitative estimate of drug-likeness (QED) is 0.552. The van der Waals surface area contributed by atoms with Crippen molar-refractivity contribution in [2.75, 3.05) is 44.1 Å². The number of aromatic nitrogens is 2. The van der Waals surface area contributed by atoms with Gasteiger partial charge in [0.05, 0.1) is 6.20 Å². The zero-order chi connectivity index (χ0) is 13.5. The van der Waals surface area contributed by atoms with E-state index in [1.807, 2.05) is 30.8 Å². The molecule has 0 saturated carbocycles. The van der Waals surface area contributed by atoms with E-state index in [0.717, 1.165) is 25.7 Å². The van der Waals surface area contributed by atoms with Gasteiger partial charge in [0.25, 0.3) is 0 Å². The Hall–Kier alpha value is -1.47. The number of hydrogen-bond donors (Lipinski definition) is 2. The number of nitrogens with one attached hydrogen (secondary N) is 1. The summed E-state index contributed by atoms with van der Waals surface area (Å²) in [6.45, 7) is 4.32. The Balaban J connectivity index is 2.89. The van der Waals surface area contributed by atoms with Gasteiger partial charge in [0, 0.05) is 19.6 Å². The summed E-state index contributed by atoms with van der Waals surface area (Å²) in [4.78, 5) is 11.8. The summed E-state index contributed by atoms with van der Waals surface area (Å²) in [7, 11) is 3.96. The van der Waals surface area contributed by atoms with Crippen LogP contribution in [0.15, 0.2) is 6.20 Å². The molecule has 0 atom stereocenters. The highest BCUT2D eigenvalue weighted by atomic mass is 19.1. The number of halogens is 1. The second kappa shape index (κ2) is 7.07. The van der Waals surface area contributed by atoms with Crippen LogP contribution in [0.2, 0.25) is 0 Å². The highest BCUT2D eigenvalue weighted by Gasteiger charge is 2.14. The summed E-state index contributed by atoms with van der Waals surface area (Å²) in [5.74, 6) is 5.32. The molecular formula is C11H21FN6. The molecular weight excluding hydrogens is 235 g/mol. The summed E-state index contributed by atoms with van der Waals surface area (Å²) >= 11 is 0. The van der Waals surface area contributed by atoms with Crippen molar-refractivity contribution >= 4 is 11.8 Å². The Morgan fingerprint density at radius 3 is 2.61 bits per heavy atom. The van der Waals surface area contributed by atoms with Crippen LogP contribution >= 0.6 is 0 Å². The first kappa shape index (κ1) is 14.6. The maximum Gasteiger partial charge on any atom is 0.239 e. The number of nitrogen functional groups attached to an aromatic ring is 1. The van der Waals surface area contributed by atoms with Crippen LogP contribution in [0.25, 0.3) is 0 Å². The van der Waals surface area contributed by atoms with E-state index in [-0.39, 0.29) is 5.95 Å². The van der Waals surface area contributed by atoms with Crippen molar-refractivity contribution in [2.24, 2.45) is 5.84 Å². The Kier molecular flexibility index (Phi) is 5.73. The van der Waals surface area contributed by atoms with Crippen LogP contribution in [0.1, 0.15) is 13.3 Å². The number of hydrazine groups is 1. The maximum absolute atomic E-state index is 13.8. The number of likely N-dealkylation sites (N-methyl/N-ethyl adjacent to an activating group) is 1. The van der Waals surface area contributed by atoms with Gasteiger partial charge in [0.1, 0.15) is 0 Å². The molecule has 1 aromatic rings. The molecule has 6 nitrogen and oxygen atoms in total. The lowest BCUT2D eigenvalue weighted by Gasteiger charge is -2.25. The van der Waals surface area contributed by atoms with Gasteiger partial charge in [-0.25, -0.2) is 15.2 Å². The summed E-state index contributed by atoms with van der Waals surface area (Å²) in [6, 6.07) is 0. The molecule has 1 heterocycles. The number of rotatable bonds is 7. The van der Waals surface area contributed by atoms with Crippen molar-refractivity contribution in [1.82, 2.24) is 14.9 Å². The molecule has 0 amide bonds. The molecule has 0 aliphatic carbocycles. The van der Waals surface area contributed by atoms with Gasteiger partial charge < -0.3 is 9.80 Å². The van der Waals surface area contributed by atoms with Crippen LogP contribution in [0, 0.1) is 5.82 Å². The predicted octanol–water partition coefficient (Wildman–Crippen LogP) is 0.679. The Morgan fingerprint density at radius 2 is 2.06 bits per heavy atom. The monoisotopic (exact) mass is 256 g/mol. The van der Waals surface area contributed by atoms with E-state index in [1.165, 1.54) is 0 Å². The smallest absolute Gasteiger partial charge is 0.239 e. The minimum absolute atomic E-state index is 0.220. The highest BCUT2D eigenvalue weighted by molar-refractivity contribution is 5.43. The average molecular weight is 256 g/mol. The summed E-state index contributed by atoms with van der Waals surface area (Å²) in [5.41, 5.74) is 2.33. The lowest BCUT2D eigenvalue weighted by Crippen LogP contribution is -2.34. The molecule has 0 saturated heterocycles. The summed E-state index contributed by atoms with van der Waals surface area (Å²) in [6.07, 6.45) is 2.05. The molecule has 18 heavy (non-hydrogen) atoms. The first-order valence-corrected chi connectivity index (χ1v) is 5.97. The molecule has 1 rings (SSSR count). The Morgan fingerprint density at radius 1 is 1.33 bits per heavy atom. The van der Waals surface area contributed by atoms with E-state index in [0.29, 0.717) is 12.4 Å². The molecule has 7 heteroatoms. The van der Waals surface area contributed by atoms with Crippen LogP contribution in [0.3, 0.4) is 0 Å². The van der Waals surface area contributed by atoms with Gasteiger partial charge in [-0.1, -0.05) is 6.92 Å². The van der Waals surface area contributed by atoms with Gasteiger partial charge in [-0.05, 0) is 20.5 Å². The number of nitrogens with two attached hydrogens (primary N) is 1. The number of anilines is 2. The van der Waals surface area contributed by atoms with E-state index in [2.05, 4.69) is 15.4 Å². The van der Waals surface area contributed by atoms with Crippen molar-refractivity contribution in [3.8, 4) is 0 Å². The highest BCUT2D eigenvalue weighted by Crippen LogP contribution is 2.17. The lowest BCUT2D eigenvalue weighted by atomic mass is 10.3. The molecule has 3 N–H and O–H groups in total. The third kappa shape index (κ3) is 4.08. The van der Waals surface area contributed by atoms with Crippen molar-refractivity contribution in [3.05, 3.63) is 12.0 Å². The van der Waals surface area contributed by atoms with Crippen LogP contribution in [-0.4, -0.2) is 48.6 Å². The molecule has 0 bridgehead atoms. The minimum Gasteiger partial charge on any atom is -0.353 e. The van der Waals surface area contributed by atoms with E-state index in [4.69, 9.17) is 5.84 Å². The SMILES string of the molecule is CCCN(CCN(C)C)c1nc(NN)ncc1F. The fraction of sp³-hybridized carbons (Fsp3) is 0.636. The van der Waals surface area contributed by atoms with E-state index < -0.39 is 5.82 Å². The predicted molar refractivity (Wildman–Crippen MR) is 70.9 cm³/mol. The standard InChI is InChI=1S/C11H21FN6/c1-4-5-18(7-6-17(2)3)10-9(12)8-14-11(15-10)16-13/h8H,4-7,13H2,1-3H3,(H,14,15,16). The fourth-order valence-electron chi connectivity index (χ4n) is 1.56. The molecule has 0 aliphatic rings. The third-order valence-corrected chi connectivity index (χ3v) is 2.46. The molecule has 0 radical (unpaired) electrons. The van der Waals surface area contributed by atoms with E-state index in [9.17, 15) is 4.39 Å². The number of nitrogens with zero attached hydrogens (tertiary/aromatic N) is 4. The van der Waals surface area contributed by atoms with Gasteiger partial charge in [-0.2, -0.15) is 4.98 Å². The van der Waals surface area contributed by atoms with Crippen molar-refractivity contribution in [2.45, 2.75) is 13.3 Å². The van der Waals surface area contributed by atoms with Crippen LogP contribution < -0.4 is 16.2 Å². The Labute approximate surface area is 107 Å². The minimum atomic E-state index is -0.429. The first-order chi connectivity index (χ1) is 8.58. The van der Waals surface area contributed by atoms with Gasteiger partial charge in [0.2, 0.25) is 5.95 Å². The molecule has 0 fully saturated rings. The molecule has 0 aromatic carbocycles. The third-order valence-electron chi connectivity index (χ3n) is 2.46. The molecule has 1 aromatic heterocycles. The Bertz CT molecular complexity index is 371. The first-order valence-electron chi connectivity index (χ1n) is 5.97. The largest absolute Gasteiger partial charge is 0.353 e. The molecule has 0 spiro atoms. The van der Waals surface area contributed by atoms with Crippen molar-refractivity contribution in [1.29, 1.82) is 0 Å². The van der Waals surface area contributed by atoms with Crippen LogP contribution in [0.4, 0.5) is 16.2 Å². The van der Waals surface area contributed by atoms with E-state index in [1.54, 1.807) is 0 Å². The molecule has 0 aliphatic heterocycles. The average Bonchev–Trinajstić information content (AvgIpc) is 2.35. The topological polar surface area (TPSA) is 70.3 Å². The zero-order valence-corrected chi connectivity index (χ0v) is 11.1. The van der Waals surface area contributed by atoms with Gasteiger partial charge in [-0.3, -0.25) is 5.43 Å².